The van der Waals surface area contributed by atoms with Crippen LogP contribution in [-0.2, 0) is 16.1 Å². The van der Waals surface area contributed by atoms with Crippen molar-refractivity contribution < 1.29 is 18.7 Å². The molecule has 0 saturated carbocycles. The van der Waals surface area contributed by atoms with Gasteiger partial charge >= 0.3 is 5.97 Å². The van der Waals surface area contributed by atoms with Crippen LogP contribution in [0.4, 0.5) is 4.39 Å². The monoisotopic (exact) mass is 421 g/mol. The van der Waals surface area contributed by atoms with Crippen LogP contribution in [0.5, 0.6) is 5.75 Å². The van der Waals surface area contributed by atoms with Crippen LogP contribution in [0.2, 0.25) is 0 Å². The maximum atomic E-state index is 14.8. The Hall–Kier alpha value is -3.94. The van der Waals surface area contributed by atoms with Gasteiger partial charge in [-0.1, -0.05) is 24.3 Å². The van der Waals surface area contributed by atoms with Crippen molar-refractivity contribution in [2.45, 2.75) is 19.4 Å². The van der Waals surface area contributed by atoms with E-state index in [1.54, 1.807) is 37.4 Å². The fourth-order valence-corrected chi connectivity index (χ4v) is 3.77. The number of rotatable bonds is 4. The highest BCUT2D eigenvalue weighted by atomic mass is 19.1. The lowest BCUT2D eigenvalue weighted by Crippen LogP contribution is -2.35. The third-order valence-corrected chi connectivity index (χ3v) is 5.24. The Kier molecular flexibility index (Phi) is 5.29. The number of methoxy groups -OCH3 is 1. The van der Waals surface area contributed by atoms with Crippen LogP contribution < -0.4 is 16.0 Å². The lowest BCUT2D eigenvalue weighted by molar-refractivity contribution is -0.136. The summed E-state index contributed by atoms with van der Waals surface area (Å²) in [5.74, 6) is -2.51. The quantitative estimate of drug-likeness (QED) is 0.651. The molecule has 2 N–H and O–H groups in total. The number of fused-ring (bicyclic) bond motifs is 1. The third-order valence-electron chi connectivity index (χ3n) is 5.24. The van der Waals surface area contributed by atoms with Gasteiger partial charge in [-0.3, -0.25) is 9.78 Å². The number of aryl methyl sites for hydroxylation is 1. The largest absolute Gasteiger partial charge is 0.465 e. The van der Waals surface area contributed by atoms with Gasteiger partial charge in [0, 0.05) is 23.5 Å². The van der Waals surface area contributed by atoms with Crippen LogP contribution in [0.1, 0.15) is 28.4 Å². The molecule has 4 rings (SSSR count). The first-order chi connectivity index (χ1) is 14.9. The number of carbonyl (C=O) groups excluding carboxylic acids is 1. The number of benzene rings is 1. The first kappa shape index (κ1) is 20.3. The predicted molar refractivity (Wildman–Crippen MR) is 111 cm³/mol. The molecule has 0 amide bonds. The van der Waals surface area contributed by atoms with Gasteiger partial charge in [-0.15, -0.1) is 0 Å². The van der Waals surface area contributed by atoms with E-state index in [1.807, 2.05) is 6.07 Å². The Morgan fingerprint density at radius 3 is 2.68 bits per heavy atom. The lowest BCUT2D eigenvalue weighted by Gasteiger charge is -2.29. The summed E-state index contributed by atoms with van der Waals surface area (Å²) in [4.78, 5) is 30.4. The Morgan fingerprint density at radius 2 is 2.00 bits per heavy atom. The molecule has 2 aromatic heterocycles. The van der Waals surface area contributed by atoms with E-state index >= 15 is 0 Å². The smallest absolute Gasteiger partial charge is 0.340 e. The van der Waals surface area contributed by atoms with E-state index in [2.05, 4.69) is 4.98 Å². The highest BCUT2D eigenvalue weighted by Crippen LogP contribution is 2.42. The van der Waals surface area contributed by atoms with Crippen molar-refractivity contribution in [1.29, 1.82) is 0 Å². The van der Waals surface area contributed by atoms with Gasteiger partial charge in [0.15, 0.2) is 0 Å². The van der Waals surface area contributed by atoms with Crippen molar-refractivity contribution >= 4 is 5.97 Å². The molecule has 0 spiro atoms. The highest BCUT2D eigenvalue weighted by Gasteiger charge is 2.39. The summed E-state index contributed by atoms with van der Waals surface area (Å²) in [5, 5.41) is 0. The second kappa shape index (κ2) is 8.06. The van der Waals surface area contributed by atoms with E-state index in [4.69, 9.17) is 15.2 Å². The van der Waals surface area contributed by atoms with Gasteiger partial charge in [0.05, 0.1) is 30.8 Å². The van der Waals surface area contributed by atoms with Crippen LogP contribution in [0.15, 0.2) is 71.0 Å². The molecule has 158 valence electrons. The summed E-state index contributed by atoms with van der Waals surface area (Å²) < 4.78 is 26.8. The molecule has 0 fully saturated rings. The topological polar surface area (TPSA) is 96.4 Å². The minimum Gasteiger partial charge on any atom is -0.465 e. The molecule has 3 aromatic rings. The van der Waals surface area contributed by atoms with Crippen molar-refractivity contribution in [3.63, 3.8) is 0 Å². The zero-order valence-corrected chi connectivity index (χ0v) is 17.0. The summed E-state index contributed by atoms with van der Waals surface area (Å²) in [6.07, 6.45) is 1.64. The number of pyridine rings is 2. The molecule has 1 aliphatic heterocycles. The molecule has 0 aliphatic carbocycles. The fourth-order valence-electron chi connectivity index (χ4n) is 3.77. The van der Waals surface area contributed by atoms with E-state index in [0.717, 1.165) is 0 Å². The number of nitrogens with zero attached hydrogens (tertiary/aromatic N) is 2. The molecule has 0 radical (unpaired) electrons. The molecular formula is C23H20FN3O4. The van der Waals surface area contributed by atoms with Crippen LogP contribution in [-0.4, -0.2) is 22.6 Å². The average molecular weight is 421 g/mol. The Labute approximate surface area is 177 Å². The Balaban J connectivity index is 1.97. The summed E-state index contributed by atoms with van der Waals surface area (Å²) in [7, 11) is 1.19. The van der Waals surface area contributed by atoms with E-state index in [1.165, 1.54) is 29.9 Å². The fraction of sp³-hybridized carbons (Fsp3) is 0.174. The maximum absolute atomic E-state index is 14.8. The molecule has 1 aliphatic rings. The molecule has 0 saturated heterocycles. The lowest BCUT2D eigenvalue weighted by atomic mass is 9.83. The second-order valence-corrected chi connectivity index (χ2v) is 7.10. The SMILES string of the molecule is COC(=O)C1=C(N)Oc2cc(C)n(Cc3ccccn3)c(=O)c2C1c1ccccc1F. The maximum Gasteiger partial charge on any atom is 0.340 e. The van der Waals surface area contributed by atoms with Gasteiger partial charge in [0.1, 0.15) is 17.1 Å². The standard InChI is InChI=1S/C23H20FN3O4/c1-13-11-17-19(22(28)27(13)12-14-7-5-6-10-26-14)18(15-8-3-4-9-16(15)24)20(21(25)31-17)23(29)30-2/h3-11,18H,12,25H2,1-2H3. The molecule has 7 nitrogen and oxygen atoms in total. The third kappa shape index (κ3) is 3.56. The number of esters is 1. The number of hydrogen-bond acceptors (Lipinski definition) is 6. The molecule has 1 atom stereocenters. The average Bonchev–Trinajstić information content (AvgIpc) is 2.76. The second-order valence-electron chi connectivity index (χ2n) is 7.10. The normalized spacial score (nSPS) is 15.3. The molecule has 1 aromatic carbocycles. The highest BCUT2D eigenvalue weighted by molar-refractivity contribution is 5.92. The van der Waals surface area contributed by atoms with Gasteiger partial charge in [0.2, 0.25) is 5.88 Å². The van der Waals surface area contributed by atoms with Crippen LogP contribution in [0, 0.1) is 12.7 Å². The zero-order valence-electron chi connectivity index (χ0n) is 17.0. The first-order valence-electron chi connectivity index (χ1n) is 9.56. The Bertz CT molecular complexity index is 1250. The molecular weight excluding hydrogens is 401 g/mol. The minimum absolute atomic E-state index is 0.112. The summed E-state index contributed by atoms with van der Waals surface area (Å²) in [6, 6.07) is 13.0. The first-order valence-corrected chi connectivity index (χ1v) is 9.56. The van der Waals surface area contributed by atoms with E-state index < -0.39 is 23.3 Å². The van der Waals surface area contributed by atoms with Crippen molar-refractivity contribution in [3.8, 4) is 5.75 Å². The Morgan fingerprint density at radius 1 is 1.26 bits per heavy atom. The predicted octanol–water partition coefficient (Wildman–Crippen LogP) is 2.61. The number of ether oxygens (including phenoxy) is 2. The minimum atomic E-state index is -1.08. The van der Waals surface area contributed by atoms with Crippen molar-refractivity contribution in [2.24, 2.45) is 5.73 Å². The van der Waals surface area contributed by atoms with Gasteiger partial charge in [-0.05, 0) is 25.1 Å². The van der Waals surface area contributed by atoms with Gasteiger partial charge in [-0.2, -0.15) is 0 Å². The number of nitrogens with two attached hydrogens (primary N) is 1. The van der Waals surface area contributed by atoms with Crippen molar-refractivity contribution in [3.05, 3.63) is 105 Å². The van der Waals surface area contributed by atoms with Crippen LogP contribution >= 0.6 is 0 Å². The van der Waals surface area contributed by atoms with Crippen LogP contribution in [0.3, 0.4) is 0 Å². The molecule has 8 heteroatoms. The van der Waals surface area contributed by atoms with E-state index in [-0.39, 0.29) is 34.9 Å². The van der Waals surface area contributed by atoms with Crippen molar-refractivity contribution in [2.75, 3.05) is 7.11 Å². The number of carbonyl (C=O) groups is 1. The van der Waals surface area contributed by atoms with Crippen molar-refractivity contribution in [1.82, 2.24) is 9.55 Å². The molecule has 31 heavy (non-hydrogen) atoms. The molecule has 0 bridgehead atoms. The molecule has 1 unspecified atom stereocenters. The molecule has 3 heterocycles. The van der Waals surface area contributed by atoms with E-state index in [9.17, 15) is 14.0 Å². The number of hydrogen-bond donors (Lipinski definition) is 1. The van der Waals surface area contributed by atoms with Gasteiger partial charge < -0.3 is 19.8 Å². The number of halogens is 1. The number of aromatic nitrogens is 2. The van der Waals surface area contributed by atoms with Gasteiger partial charge in [0.25, 0.3) is 5.56 Å². The summed E-state index contributed by atoms with van der Waals surface area (Å²) >= 11 is 0. The zero-order chi connectivity index (χ0) is 22.1. The van der Waals surface area contributed by atoms with E-state index in [0.29, 0.717) is 11.4 Å². The summed E-state index contributed by atoms with van der Waals surface area (Å²) in [5.41, 5.74) is 7.00. The summed E-state index contributed by atoms with van der Waals surface area (Å²) in [6.45, 7) is 1.96. The van der Waals surface area contributed by atoms with Gasteiger partial charge in [-0.25, -0.2) is 9.18 Å². The van der Waals surface area contributed by atoms with Crippen LogP contribution in [0.25, 0.3) is 0 Å².